The number of halogens is 1. The molecule has 0 unspecified atom stereocenters. The number of Topliss-reactive ketones (excluding diaryl/α,β-unsaturated/α-hetero) is 1. The minimum Gasteiger partial charge on any atom is -0.454 e. The van der Waals surface area contributed by atoms with Crippen LogP contribution in [0.2, 0.25) is 0 Å². The highest BCUT2D eigenvalue weighted by Crippen LogP contribution is 2.30. The molecular formula is C19H18FNO5S. The molecule has 0 aromatic heterocycles. The fraction of sp³-hybridized carbons (Fsp3) is 0.263. The molecule has 2 aromatic carbocycles. The number of ether oxygens (including phenoxy) is 1. The third kappa shape index (κ3) is 4.16. The lowest BCUT2D eigenvalue weighted by Gasteiger charge is -2.29. The number of hydrogen-bond donors (Lipinski definition) is 0. The van der Waals surface area contributed by atoms with Gasteiger partial charge in [-0.15, -0.1) is 0 Å². The molecule has 0 saturated heterocycles. The zero-order valence-electron chi connectivity index (χ0n) is 14.6. The molecule has 142 valence electrons. The second kappa shape index (κ2) is 7.48. The van der Waals surface area contributed by atoms with E-state index in [0.29, 0.717) is 30.6 Å². The lowest BCUT2D eigenvalue weighted by molar-refractivity contribution is 0.0470. The van der Waals surface area contributed by atoms with Crippen LogP contribution < -0.4 is 4.31 Å². The van der Waals surface area contributed by atoms with Gasteiger partial charge < -0.3 is 4.74 Å². The Bertz CT molecular complexity index is 1000. The molecule has 8 heteroatoms. The van der Waals surface area contributed by atoms with Crippen LogP contribution in [-0.2, 0) is 21.2 Å². The van der Waals surface area contributed by atoms with Crippen molar-refractivity contribution in [2.75, 3.05) is 23.7 Å². The number of fused-ring (bicyclic) bond motifs is 1. The van der Waals surface area contributed by atoms with Gasteiger partial charge in [0.1, 0.15) is 5.82 Å². The van der Waals surface area contributed by atoms with E-state index in [-0.39, 0.29) is 5.56 Å². The van der Waals surface area contributed by atoms with E-state index in [0.717, 1.165) is 17.9 Å². The van der Waals surface area contributed by atoms with E-state index in [9.17, 15) is 22.4 Å². The summed E-state index contributed by atoms with van der Waals surface area (Å²) in [6, 6.07) is 10.1. The van der Waals surface area contributed by atoms with Crippen LogP contribution >= 0.6 is 0 Å². The SMILES string of the molecule is CS(=O)(=O)N1CCCc2cc(C(=O)COC(=O)c3ccccc3F)ccc21. The minimum absolute atomic E-state index is 0.237. The molecule has 0 atom stereocenters. The van der Waals surface area contributed by atoms with Crippen molar-refractivity contribution < 1.29 is 27.1 Å². The Morgan fingerprint density at radius 1 is 1.19 bits per heavy atom. The molecule has 3 rings (SSSR count). The number of aryl methyl sites for hydroxylation is 1. The summed E-state index contributed by atoms with van der Waals surface area (Å²) >= 11 is 0. The Balaban J connectivity index is 1.73. The van der Waals surface area contributed by atoms with E-state index >= 15 is 0 Å². The van der Waals surface area contributed by atoms with Crippen LogP contribution in [-0.4, -0.2) is 39.6 Å². The van der Waals surface area contributed by atoms with Gasteiger partial charge in [0.2, 0.25) is 10.0 Å². The molecule has 2 aromatic rings. The average Bonchev–Trinajstić information content (AvgIpc) is 2.64. The van der Waals surface area contributed by atoms with Crippen LogP contribution in [0.4, 0.5) is 10.1 Å². The van der Waals surface area contributed by atoms with E-state index in [1.807, 2.05) is 0 Å². The highest BCUT2D eigenvalue weighted by atomic mass is 32.2. The third-order valence-corrected chi connectivity index (χ3v) is 5.49. The molecule has 1 aliphatic heterocycles. The topological polar surface area (TPSA) is 80.8 Å². The van der Waals surface area contributed by atoms with Gasteiger partial charge >= 0.3 is 5.97 Å². The number of nitrogens with zero attached hydrogens (tertiary/aromatic N) is 1. The zero-order valence-corrected chi connectivity index (χ0v) is 15.5. The fourth-order valence-corrected chi connectivity index (χ4v) is 4.00. The molecular weight excluding hydrogens is 373 g/mol. The molecule has 0 amide bonds. The van der Waals surface area contributed by atoms with Crippen molar-refractivity contribution in [3.63, 3.8) is 0 Å². The van der Waals surface area contributed by atoms with Crippen LogP contribution in [0.15, 0.2) is 42.5 Å². The first kappa shape index (κ1) is 19.0. The largest absolute Gasteiger partial charge is 0.454 e. The van der Waals surface area contributed by atoms with Crippen molar-refractivity contribution in [1.82, 2.24) is 0 Å². The summed E-state index contributed by atoms with van der Waals surface area (Å²) in [5.41, 5.74) is 1.38. The van der Waals surface area contributed by atoms with Crippen molar-refractivity contribution in [1.29, 1.82) is 0 Å². The first-order valence-electron chi connectivity index (χ1n) is 8.33. The highest BCUT2D eigenvalue weighted by molar-refractivity contribution is 7.92. The van der Waals surface area contributed by atoms with Crippen molar-refractivity contribution in [3.8, 4) is 0 Å². The Morgan fingerprint density at radius 3 is 2.63 bits per heavy atom. The summed E-state index contributed by atoms with van der Waals surface area (Å²) in [4.78, 5) is 24.2. The summed E-state index contributed by atoms with van der Waals surface area (Å²) in [5, 5.41) is 0. The second-order valence-corrected chi connectivity index (χ2v) is 8.17. The number of sulfonamides is 1. The van der Waals surface area contributed by atoms with Crippen molar-refractivity contribution >= 4 is 27.5 Å². The smallest absolute Gasteiger partial charge is 0.341 e. The molecule has 6 nitrogen and oxygen atoms in total. The fourth-order valence-electron chi connectivity index (χ4n) is 3.00. The average molecular weight is 391 g/mol. The summed E-state index contributed by atoms with van der Waals surface area (Å²) < 4.78 is 43.6. The minimum atomic E-state index is -3.39. The van der Waals surface area contributed by atoms with E-state index in [1.54, 1.807) is 12.1 Å². The Labute approximate surface area is 156 Å². The van der Waals surface area contributed by atoms with Gasteiger partial charge in [-0.1, -0.05) is 12.1 Å². The monoisotopic (exact) mass is 391 g/mol. The third-order valence-electron chi connectivity index (χ3n) is 4.31. The van der Waals surface area contributed by atoms with Crippen LogP contribution in [0, 0.1) is 5.82 Å². The van der Waals surface area contributed by atoms with Crippen molar-refractivity contribution in [2.24, 2.45) is 0 Å². The predicted molar refractivity (Wildman–Crippen MR) is 98.0 cm³/mol. The van der Waals surface area contributed by atoms with Gasteiger partial charge in [0.15, 0.2) is 12.4 Å². The highest BCUT2D eigenvalue weighted by Gasteiger charge is 2.25. The Hall–Kier alpha value is -2.74. The molecule has 0 N–H and O–H groups in total. The number of benzene rings is 2. The summed E-state index contributed by atoms with van der Waals surface area (Å²) in [7, 11) is -3.39. The Kier molecular flexibility index (Phi) is 5.27. The summed E-state index contributed by atoms with van der Waals surface area (Å²) in [5.74, 6) is -2.08. The lowest BCUT2D eigenvalue weighted by Crippen LogP contribution is -2.34. The molecule has 0 spiro atoms. The molecule has 1 aliphatic rings. The first-order valence-corrected chi connectivity index (χ1v) is 10.2. The van der Waals surface area contributed by atoms with Crippen molar-refractivity contribution in [2.45, 2.75) is 12.8 Å². The molecule has 27 heavy (non-hydrogen) atoms. The maximum atomic E-state index is 13.6. The quantitative estimate of drug-likeness (QED) is 0.578. The standard InChI is InChI=1S/C19H18FNO5S/c1-27(24,25)21-10-4-5-13-11-14(8-9-17(13)21)18(22)12-26-19(23)15-6-2-3-7-16(15)20/h2-3,6-9,11H,4-5,10,12H2,1H3. The number of rotatable bonds is 5. The summed E-state index contributed by atoms with van der Waals surface area (Å²) in [6.45, 7) is -0.124. The molecule has 0 aliphatic carbocycles. The van der Waals surface area contributed by atoms with Crippen LogP contribution in [0.1, 0.15) is 32.7 Å². The molecule has 0 saturated carbocycles. The van der Waals surface area contributed by atoms with E-state index in [2.05, 4.69) is 0 Å². The number of anilines is 1. The van der Waals surface area contributed by atoms with Gasteiger partial charge in [0.05, 0.1) is 17.5 Å². The number of ketones is 1. The van der Waals surface area contributed by atoms with Crippen LogP contribution in [0.25, 0.3) is 0 Å². The van der Waals surface area contributed by atoms with Gasteiger partial charge in [-0.2, -0.15) is 0 Å². The van der Waals surface area contributed by atoms with Gasteiger partial charge in [-0.3, -0.25) is 9.10 Å². The van der Waals surface area contributed by atoms with E-state index < -0.39 is 34.2 Å². The second-order valence-electron chi connectivity index (χ2n) is 6.26. The maximum absolute atomic E-state index is 13.6. The maximum Gasteiger partial charge on any atom is 0.341 e. The predicted octanol–water partition coefficient (Wildman–Crippen LogP) is 2.58. The van der Waals surface area contributed by atoms with Crippen LogP contribution in [0.3, 0.4) is 0 Å². The van der Waals surface area contributed by atoms with Gasteiger partial charge in [-0.25, -0.2) is 17.6 Å². The molecule has 0 bridgehead atoms. The van der Waals surface area contributed by atoms with E-state index in [4.69, 9.17) is 4.74 Å². The molecule has 0 fully saturated rings. The Morgan fingerprint density at radius 2 is 1.93 bits per heavy atom. The number of esters is 1. The van der Waals surface area contributed by atoms with Crippen molar-refractivity contribution in [3.05, 3.63) is 65.0 Å². The van der Waals surface area contributed by atoms with Crippen LogP contribution in [0.5, 0.6) is 0 Å². The number of carbonyl (C=O) groups is 2. The van der Waals surface area contributed by atoms with Gasteiger partial charge in [-0.05, 0) is 48.7 Å². The van der Waals surface area contributed by atoms with E-state index in [1.165, 1.54) is 28.6 Å². The first-order chi connectivity index (χ1) is 12.8. The summed E-state index contributed by atoms with van der Waals surface area (Å²) in [6.07, 6.45) is 2.45. The molecule has 0 radical (unpaired) electrons. The van der Waals surface area contributed by atoms with Gasteiger partial charge in [0, 0.05) is 12.1 Å². The normalized spacial score (nSPS) is 13.8. The zero-order chi connectivity index (χ0) is 19.6. The number of hydrogen-bond acceptors (Lipinski definition) is 5. The molecule has 1 heterocycles. The van der Waals surface area contributed by atoms with Gasteiger partial charge in [0.25, 0.3) is 0 Å². The lowest BCUT2D eigenvalue weighted by atomic mass is 9.99. The number of carbonyl (C=O) groups excluding carboxylic acids is 2.